The molecule has 4 nitrogen and oxygen atoms in total. The maximum absolute atomic E-state index is 12.8. The van der Waals surface area contributed by atoms with Crippen LogP contribution in [-0.4, -0.2) is 31.6 Å². The smallest absolute Gasteiger partial charge is 0.251 e. The molecule has 1 aliphatic heterocycles. The number of hydrogen-bond acceptors (Lipinski definition) is 3. The molecule has 0 aliphatic carbocycles. The molecule has 1 heterocycles. The lowest BCUT2D eigenvalue weighted by Gasteiger charge is -2.12. The van der Waals surface area contributed by atoms with E-state index in [9.17, 15) is 9.18 Å². The van der Waals surface area contributed by atoms with Crippen molar-refractivity contribution in [2.75, 3.05) is 19.6 Å². The van der Waals surface area contributed by atoms with Crippen LogP contribution in [0.2, 0.25) is 0 Å². The van der Waals surface area contributed by atoms with E-state index < -0.39 is 0 Å². The van der Waals surface area contributed by atoms with Gasteiger partial charge in [0, 0.05) is 25.1 Å². The van der Waals surface area contributed by atoms with E-state index in [1.807, 2.05) is 18.2 Å². The summed E-state index contributed by atoms with van der Waals surface area (Å²) in [6.07, 6.45) is 1.94. The largest absolute Gasteiger partial charge is 0.488 e. The first kappa shape index (κ1) is 16.5. The quantitative estimate of drug-likeness (QED) is 0.768. The molecule has 0 saturated carbocycles. The Morgan fingerprint density at radius 1 is 1.12 bits per heavy atom. The molecule has 1 aliphatic rings. The van der Waals surface area contributed by atoms with Gasteiger partial charge in [-0.25, -0.2) is 4.39 Å². The van der Waals surface area contributed by atoms with Crippen molar-refractivity contribution in [2.45, 2.75) is 18.9 Å². The summed E-state index contributed by atoms with van der Waals surface area (Å²) in [5.41, 5.74) is 1.73. The van der Waals surface area contributed by atoms with Crippen LogP contribution in [-0.2, 0) is 6.42 Å². The lowest BCUT2D eigenvalue weighted by molar-refractivity contribution is 0.0953. The molecule has 1 unspecified atom stereocenters. The van der Waals surface area contributed by atoms with Gasteiger partial charge in [-0.3, -0.25) is 4.79 Å². The fourth-order valence-electron chi connectivity index (χ4n) is 2.75. The van der Waals surface area contributed by atoms with Gasteiger partial charge in [-0.2, -0.15) is 0 Å². The average molecular weight is 328 g/mol. The van der Waals surface area contributed by atoms with Crippen molar-refractivity contribution in [1.29, 1.82) is 0 Å². The maximum atomic E-state index is 12.8. The second-order valence-corrected chi connectivity index (χ2v) is 5.87. The van der Waals surface area contributed by atoms with Gasteiger partial charge in [0.2, 0.25) is 0 Å². The molecule has 3 rings (SSSR count). The number of halogens is 1. The van der Waals surface area contributed by atoms with E-state index in [1.165, 1.54) is 29.8 Å². The molecule has 0 fully saturated rings. The summed E-state index contributed by atoms with van der Waals surface area (Å²) < 4.78 is 18.7. The SMILES string of the molecule is O=C(NCCCNCC1Cc2ccccc2O1)c1ccc(F)cc1. The summed E-state index contributed by atoms with van der Waals surface area (Å²) >= 11 is 0. The third-order valence-corrected chi connectivity index (χ3v) is 4.01. The molecule has 0 bridgehead atoms. The normalized spacial score (nSPS) is 15.6. The van der Waals surface area contributed by atoms with E-state index in [0.29, 0.717) is 12.1 Å². The number of benzene rings is 2. The Balaban J connectivity index is 1.28. The molecule has 1 atom stereocenters. The number of carbonyl (C=O) groups is 1. The van der Waals surface area contributed by atoms with E-state index >= 15 is 0 Å². The van der Waals surface area contributed by atoms with Gasteiger partial charge in [0.25, 0.3) is 5.91 Å². The van der Waals surface area contributed by atoms with Gasteiger partial charge >= 0.3 is 0 Å². The van der Waals surface area contributed by atoms with Gasteiger partial charge < -0.3 is 15.4 Å². The molecule has 2 aromatic carbocycles. The molecule has 0 aromatic heterocycles. The van der Waals surface area contributed by atoms with Crippen LogP contribution in [0.25, 0.3) is 0 Å². The number of ether oxygens (including phenoxy) is 1. The Bertz CT molecular complexity index is 663. The van der Waals surface area contributed by atoms with Gasteiger partial charge in [-0.15, -0.1) is 0 Å². The molecular formula is C19H21FN2O2. The van der Waals surface area contributed by atoms with Crippen molar-refractivity contribution in [1.82, 2.24) is 10.6 Å². The molecule has 2 N–H and O–H groups in total. The van der Waals surface area contributed by atoms with Crippen molar-refractivity contribution >= 4 is 5.91 Å². The summed E-state index contributed by atoms with van der Waals surface area (Å²) in [7, 11) is 0. The summed E-state index contributed by atoms with van der Waals surface area (Å²) in [6.45, 7) is 2.18. The topological polar surface area (TPSA) is 50.4 Å². The van der Waals surface area contributed by atoms with E-state index in [1.54, 1.807) is 0 Å². The molecule has 126 valence electrons. The van der Waals surface area contributed by atoms with Crippen molar-refractivity contribution in [3.8, 4) is 5.75 Å². The first-order valence-electron chi connectivity index (χ1n) is 8.21. The van der Waals surface area contributed by atoms with Crippen molar-refractivity contribution < 1.29 is 13.9 Å². The van der Waals surface area contributed by atoms with E-state index in [-0.39, 0.29) is 17.8 Å². The van der Waals surface area contributed by atoms with Crippen molar-refractivity contribution in [2.24, 2.45) is 0 Å². The van der Waals surface area contributed by atoms with E-state index in [0.717, 1.165) is 31.7 Å². The predicted octanol–water partition coefficient (Wildman–Crippen LogP) is 2.54. The van der Waals surface area contributed by atoms with Gasteiger partial charge in [-0.05, 0) is 48.9 Å². The van der Waals surface area contributed by atoms with Crippen LogP contribution < -0.4 is 15.4 Å². The van der Waals surface area contributed by atoms with Crippen LogP contribution in [0.1, 0.15) is 22.3 Å². The van der Waals surface area contributed by atoms with Crippen molar-refractivity contribution in [3.05, 3.63) is 65.5 Å². The fraction of sp³-hybridized carbons (Fsp3) is 0.316. The molecule has 1 amide bonds. The first-order chi connectivity index (χ1) is 11.7. The number of carbonyl (C=O) groups excluding carboxylic acids is 1. The van der Waals surface area contributed by atoms with E-state index in [4.69, 9.17) is 4.74 Å². The lowest BCUT2D eigenvalue weighted by atomic mass is 10.1. The van der Waals surface area contributed by atoms with Crippen LogP contribution in [0.3, 0.4) is 0 Å². The number of nitrogens with one attached hydrogen (secondary N) is 2. The van der Waals surface area contributed by atoms with Crippen LogP contribution in [0.5, 0.6) is 5.75 Å². The number of para-hydroxylation sites is 1. The molecule has 0 spiro atoms. The highest BCUT2D eigenvalue weighted by Gasteiger charge is 2.21. The summed E-state index contributed by atoms with van der Waals surface area (Å²) in [5, 5.41) is 6.19. The molecule has 0 saturated heterocycles. The highest BCUT2D eigenvalue weighted by atomic mass is 19.1. The van der Waals surface area contributed by atoms with Gasteiger partial charge in [0.15, 0.2) is 0 Å². The molecule has 0 radical (unpaired) electrons. The minimum absolute atomic E-state index is 0.176. The Kier molecular flexibility index (Phi) is 5.43. The van der Waals surface area contributed by atoms with Crippen LogP contribution in [0.15, 0.2) is 48.5 Å². The Morgan fingerprint density at radius 2 is 1.92 bits per heavy atom. The summed E-state index contributed by atoms with van der Waals surface area (Å²) in [6, 6.07) is 13.7. The lowest BCUT2D eigenvalue weighted by Crippen LogP contribution is -2.32. The van der Waals surface area contributed by atoms with Crippen molar-refractivity contribution in [3.63, 3.8) is 0 Å². The Labute approximate surface area is 141 Å². The highest BCUT2D eigenvalue weighted by molar-refractivity contribution is 5.94. The zero-order valence-electron chi connectivity index (χ0n) is 13.4. The highest BCUT2D eigenvalue weighted by Crippen LogP contribution is 2.27. The molecular weight excluding hydrogens is 307 g/mol. The summed E-state index contributed by atoms with van der Waals surface area (Å²) in [4.78, 5) is 11.8. The fourth-order valence-corrected chi connectivity index (χ4v) is 2.75. The third-order valence-electron chi connectivity index (χ3n) is 4.01. The van der Waals surface area contributed by atoms with Gasteiger partial charge in [0.1, 0.15) is 17.7 Å². The van der Waals surface area contributed by atoms with Crippen LogP contribution in [0, 0.1) is 5.82 Å². The summed E-state index contributed by atoms with van der Waals surface area (Å²) in [5.74, 6) is 0.465. The van der Waals surface area contributed by atoms with Gasteiger partial charge in [0.05, 0.1) is 0 Å². The number of rotatable bonds is 7. The molecule has 5 heteroatoms. The molecule has 24 heavy (non-hydrogen) atoms. The third kappa shape index (κ3) is 4.32. The zero-order valence-corrected chi connectivity index (χ0v) is 13.4. The Hall–Kier alpha value is -2.40. The maximum Gasteiger partial charge on any atom is 0.251 e. The number of amides is 1. The second kappa shape index (κ2) is 7.93. The molecule has 2 aromatic rings. The number of fused-ring (bicyclic) bond motifs is 1. The Morgan fingerprint density at radius 3 is 2.71 bits per heavy atom. The van der Waals surface area contributed by atoms with Gasteiger partial charge in [-0.1, -0.05) is 18.2 Å². The zero-order chi connectivity index (χ0) is 16.8. The minimum Gasteiger partial charge on any atom is -0.488 e. The average Bonchev–Trinajstić information content (AvgIpc) is 3.01. The number of hydrogen-bond donors (Lipinski definition) is 2. The van der Waals surface area contributed by atoms with Crippen LogP contribution in [0.4, 0.5) is 4.39 Å². The minimum atomic E-state index is -0.341. The second-order valence-electron chi connectivity index (χ2n) is 5.87. The van der Waals surface area contributed by atoms with E-state index in [2.05, 4.69) is 16.7 Å². The predicted molar refractivity (Wildman–Crippen MR) is 90.8 cm³/mol. The van der Waals surface area contributed by atoms with Crippen LogP contribution >= 0.6 is 0 Å². The monoisotopic (exact) mass is 328 g/mol. The first-order valence-corrected chi connectivity index (χ1v) is 8.21. The standard InChI is InChI=1S/C19H21FN2O2/c20-16-8-6-14(7-9-16)19(23)22-11-3-10-21-13-17-12-15-4-1-2-5-18(15)24-17/h1-2,4-9,17,21H,3,10-13H2,(H,22,23).